The van der Waals surface area contributed by atoms with Crippen LogP contribution in [-0.4, -0.2) is 47.3 Å². The first-order valence-electron chi connectivity index (χ1n) is 8.51. The van der Waals surface area contributed by atoms with Gasteiger partial charge in [0, 0.05) is 49.1 Å². The van der Waals surface area contributed by atoms with E-state index in [0.29, 0.717) is 12.6 Å². The van der Waals surface area contributed by atoms with E-state index < -0.39 is 0 Å². The van der Waals surface area contributed by atoms with Gasteiger partial charge in [-0.1, -0.05) is 0 Å². The summed E-state index contributed by atoms with van der Waals surface area (Å²) in [6, 6.07) is 4.36. The zero-order chi connectivity index (χ0) is 16.4. The molecule has 6 nitrogen and oxygen atoms in total. The Kier molecular flexibility index (Phi) is 4.24. The number of ether oxygens (including phenoxy) is 2. The largest absolute Gasteiger partial charge is 0.472 e. The van der Waals surface area contributed by atoms with Crippen molar-refractivity contribution in [2.75, 3.05) is 26.3 Å². The highest BCUT2D eigenvalue weighted by molar-refractivity contribution is 5.08. The van der Waals surface area contributed by atoms with Crippen molar-refractivity contribution in [1.29, 1.82) is 0 Å². The number of rotatable bonds is 5. The van der Waals surface area contributed by atoms with Crippen molar-refractivity contribution >= 4 is 0 Å². The zero-order valence-electron chi connectivity index (χ0n) is 14.0. The molecule has 0 saturated carbocycles. The van der Waals surface area contributed by atoms with Gasteiger partial charge in [-0.15, -0.1) is 0 Å². The molecule has 2 atom stereocenters. The smallest absolute Gasteiger partial charge is 0.316 e. The molecule has 128 valence electrons. The average Bonchev–Trinajstić information content (AvgIpc) is 3.22. The molecule has 0 aromatic carbocycles. The minimum absolute atomic E-state index is 0.0229. The maximum absolute atomic E-state index is 5.99. The molecule has 6 heteroatoms. The molecule has 2 fully saturated rings. The van der Waals surface area contributed by atoms with Crippen LogP contribution in [0, 0.1) is 12.3 Å². The lowest BCUT2D eigenvalue weighted by atomic mass is 9.77. The summed E-state index contributed by atoms with van der Waals surface area (Å²) in [5.74, 6) is 0. The third kappa shape index (κ3) is 3.16. The molecular weight excluding hydrogens is 306 g/mol. The highest BCUT2D eigenvalue weighted by Crippen LogP contribution is 2.41. The molecule has 0 spiro atoms. The van der Waals surface area contributed by atoms with E-state index in [1.807, 2.05) is 25.3 Å². The van der Waals surface area contributed by atoms with Gasteiger partial charge in [-0.2, -0.15) is 0 Å². The van der Waals surface area contributed by atoms with Crippen LogP contribution in [0.1, 0.15) is 24.1 Å². The molecule has 4 heterocycles. The summed E-state index contributed by atoms with van der Waals surface area (Å²) in [5.41, 5.74) is 2.15. The van der Waals surface area contributed by atoms with Crippen LogP contribution in [0.2, 0.25) is 0 Å². The van der Waals surface area contributed by atoms with Gasteiger partial charge >= 0.3 is 6.01 Å². The van der Waals surface area contributed by atoms with E-state index in [-0.39, 0.29) is 11.5 Å². The van der Waals surface area contributed by atoms with Gasteiger partial charge in [0.25, 0.3) is 0 Å². The second-order valence-corrected chi connectivity index (χ2v) is 6.87. The normalized spacial score (nSPS) is 27.1. The first kappa shape index (κ1) is 15.6. The van der Waals surface area contributed by atoms with E-state index in [4.69, 9.17) is 13.9 Å². The molecule has 2 saturated heterocycles. The summed E-state index contributed by atoms with van der Waals surface area (Å²) in [6.07, 6.45) is 7.61. The summed E-state index contributed by atoms with van der Waals surface area (Å²) in [6.45, 7) is 6.27. The number of hydrogen-bond donors (Lipinski definition) is 0. The number of aromatic nitrogens is 2. The molecule has 4 rings (SSSR count). The van der Waals surface area contributed by atoms with E-state index in [1.165, 1.54) is 5.56 Å². The molecule has 0 radical (unpaired) electrons. The fraction of sp³-hybridized carbons (Fsp3) is 0.556. The Morgan fingerprint density at radius 1 is 1.42 bits per heavy atom. The maximum Gasteiger partial charge on any atom is 0.316 e. The molecule has 2 aromatic rings. The van der Waals surface area contributed by atoms with Crippen molar-refractivity contribution in [2.24, 2.45) is 5.41 Å². The van der Waals surface area contributed by atoms with Gasteiger partial charge in [-0.3, -0.25) is 4.90 Å². The molecular formula is C18H23N3O3. The Morgan fingerprint density at radius 2 is 2.38 bits per heavy atom. The quantitative estimate of drug-likeness (QED) is 0.840. The van der Waals surface area contributed by atoms with Gasteiger partial charge < -0.3 is 13.9 Å². The van der Waals surface area contributed by atoms with E-state index in [0.717, 1.165) is 44.8 Å². The van der Waals surface area contributed by atoms with Gasteiger partial charge in [-0.05, 0) is 31.9 Å². The minimum Gasteiger partial charge on any atom is -0.472 e. The van der Waals surface area contributed by atoms with Crippen molar-refractivity contribution in [2.45, 2.75) is 32.4 Å². The summed E-state index contributed by atoms with van der Waals surface area (Å²) < 4.78 is 17.1. The second-order valence-electron chi connectivity index (χ2n) is 6.87. The standard InChI is InChI=1S/C18H23N3O3/c1-14-2-6-19-17(20-14)24-13-18-5-9-23-16(18)3-7-21(12-18)10-15-4-8-22-11-15/h2,4,6,8,11,16H,3,5,7,9-10,12-13H2,1H3/t16-,18+/m0/s1. The molecule has 0 unspecified atom stereocenters. The Hall–Kier alpha value is -1.92. The van der Waals surface area contributed by atoms with E-state index in [1.54, 1.807) is 12.5 Å². The molecule has 2 aromatic heterocycles. The summed E-state index contributed by atoms with van der Waals surface area (Å²) >= 11 is 0. The lowest BCUT2D eigenvalue weighted by molar-refractivity contribution is -0.0427. The van der Waals surface area contributed by atoms with E-state index >= 15 is 0 Å². The van der Waals surface area contributed by atoms with Crippen LogP contribution in [-0.2, 0) is 11.3 Å². The Balaban J connectivity index is 1.45. The summed E-state index contributed by atoms with van der Waals surface area (Å²) in [5, 5.41) is 0. The highest BCUT2D eigenvalue weighted by atomic mass is 16.5. The zero-order valence-corrected chi connectivity index (χ0v) is 14.0. The van der Waals surface area contributed by atoms with Crippen LogP contribution < -0.4 is 4.74 Å². The number of fused-ring (bicyclic) bond motifs is 1. The van der Waals surface area contributed by atoms with Crippen LogP contribution >= 0.6 is 0 Å². The van der Waals surface area contributed by atoms with E-state index in [9.17, 15) is 0 Å². The van der Waals surface area contributed by atoms with Crippen LogP contribution in [0.15, 0.2) is 35.3 Å². The number of piperidine rings is 1. The van der Waals surface area contributed by atoms with Crippen LogP contribution in [0.3, 0.4) is 0 Å². The molecule has 0 bridgehead atoms. The lowest BCUT2D eigenvalue weighted by Gasteiger charge is -2.43. The van der Waals surface area contributed by atoms with Crippen LogP contribution in [0.5, 0.6) is 6.01 Å². The number of hydrogen-bond acceptors (Lipinski definition) is 6. The Morgan fingerprint density at radius 3 is 3.21 bits per heavy atom. The van der Waals surface area contributed by atoms with Crippen LogP contribution in [0.25, 0.3) is 0 Å². The molecule has 24 heavy (non-hydrogen) atoms. The van der Waals surface area contributed by atoms with Crippen molar-refractivity contribution in [3.8, 4) is 6.01 Å². The fourth-order valence-electron chi connectivity index (χ4n) is 3.83. The van der Waals surface area contributed by atoms with Gasteiger partial charge in [-0.25, -0.2) is 9.97 Å². The Labute approximate surface area is 141 Å². The van der Waals surface area contributed by atoms with Crippen molar-refractivity contribution in [3.05, 3.63) is 42.1 Å². The van der Waals surface area contributed by atoms with E-state index in [2.05, 4.69) is 14.9 Å². The maximum atomic E-state index is 5.99. The summed E-state index contributed by atoms with van der Waals surface area (Å²) in [4.78, 5) is 11.0. The summed E-state index contributed by atoms with van der Waals surface area (Å²) in [7, 11) is 0. The first-order chi connectivity index (χ1) is 11.7. The third-order valence-corrected chi connectivity index (χ3v) is 5.10. The lowest BCUT2D eigenvalue weighted by Crippen LogP contribution is -2.52. The number of likely N-dealkylation sites (tertiary alicyclic amines) is 1. The van der Waals surface area contributed by atoms with Crippen molar-refractivity contribution in [1.82, 2.24) is 14.9 Å². The van der Waals surface area contributed by atoms with Gasteiger partial charge in [0.05, 0.1) is 18.6 Å². The van der Waals surface area contributed by atoms with Gasteiger partial charge in [0.1, 0.15) is 6.61 Å². The predicted octanol–water partition coefficient (Wildman–Crippen LogP) is 2.44. The third-order valence-electron chi connectivity index (χ3n) is 5.10. The monoisotopic (exact) mass is 329 g/mol. The number of nitrogens with zero attached hydrogens (tertiary/aromatic N) is 3. The second kappa shape index (κ2) is 6.53. The SMILES string of the molecule is Cc1ccnc(OC[C@]23CCO[C@H]2CCN(Cc2ccoc2)C3)n1. The highest BCUT2D eigenvalue weighted by Gasteiger charge is 2.48. The van der Waals surface area contributed by atoms with Crippen molar-refractivity contribution < 1.29 is 13.9 Å². The number of aryl methyl sites for hydroxylation is 1. The van der Waals surface area contributed by atoms with Crippen molar-refractivity contribution in [3.63, 3.8) is 0 Å². The fourth-order valence-corrected chi connectivity index (χ4v) is 3.83. The van der Waals surface area contributed by atoms with Crippen LogP contribution in [0.4, 0.5) is 0 Å². The Bertz CT molecular complexity index is 676. The molecule has 0 N–H and O–H groups in total. The topological polar surface area (TPSA) is 60.6 Å². The number of furan rings is 1. The first-order valence-corrected chi connectivity index (χ1v) is 8.51. The average molecular weight is 329 g/mol. The predicted molar refractivity (Wildman–Crippen MR) is 87.7 cm³/mol. The molecule has 2 aliphatic rings. The molecule has 0 amide bonds. The molecule has 0 aliphatic carbocycles. The molecule has 2 aliphatic heterocycles. The van der Waals surface area contributed by atoms with Gasteiger partial charge in [0.15, 0.2) is 0 Å². The van der Waals surface area contributed by atoms with Gasteiger partial charge in [0.2, 0.25) is 0 Å². The minimum atomic E-state index is 0.0229.